The van der Waals surface area contributed by atoms with Crippen molar-refractivity contribution >= 4 is 53.2 Å². The number of fused-ring (bicyclic) bond motifs is 2. The molecule has 7 rings (SSSR count). The van der Waals surface area contributed by atoms with Crippen molar-refractivity contribution in [3.63, 3.8) is 0 Å². The number of hydrogen-bond acceptors (Lipinski definition) is 9. The molecular weight excluding hydrogens is 693 g/mol. The summed E-state index contributed by atoms with van der Waals surface area (Å²) in [4.78, 5) is 5.57. The first-order valence-corrected chi connectivity index (χ1v) is 18.6. The third kappa shape index (κ3) is 5.56. The smallest absolute Gasteiger partial charge is 0.426 e. The number of rotatable bonds is 7. The van der Waals surface area contributed by atoms with Gasteiger partial charge in [0.2, 0.25) is 22.3 Å². The molecule has 6 aromatic rings. The van der Waals surface area contributed by atoms with Gasteiger partial charge in [0, 0.05) is 39.1 Å². The van der Waals surface area contributed by atoms with Gasteiger partial charge in [-0.25, -0.2) is 0 Å². The van der Waals surface area contributed by atoms with Crippen molar-refractivity contribution < 1.29 is 35.8 Å². The molecule has 0 amide bonds. The van der Waals surface area contributed by atoms with Crippen molar-refractivity contribution in [2.75, 3.05) is 0 Å². The molecule has 0 saturated heterocycles. The van der Waals surface area contributed by atoms with E-state index in [-0.39, 0.29) is 49.3 Å². The first-order chi connectivity index (χ1) is 24.4. The lowest BCUT2D eigenvalue weighted by atomic mass is 9.70. The molecule has 12 nitrogen and oxygen atoms in total. The highest BCUT2D eigenvalue weighted by atomic mass is 32.2. The Bertz CT molecular complexity index is 2710. The topological polar surface area (TPSA) is 194 Å². The minimum Gasteiger partial charge on any atom is -0.501 e. The number of benzene rings is 6. The van der Waals surface area contributed by atoms with E-state index >= 15 is 0 Å². The lowest BCUT2D eigenvalue weighted by molar-refractivity contribution is 0.481. The zero-order valence-corrected chi connectivity index (χ0v) is 28.3. The number of phenolic OH excluding ortho intramolecular Hbond substituents is 2. The van der Waals surface area contributed by atoms with Gasteiger partial charge in [-0.05, 0) is 71.5 Å². The highest BCUT2D eigenvalue weighted by molar-refractivity contribution is 7.87. The van der Waals surface area contributed by atoms with Crippen molar-refractivity contribution in [3.05, 3.63) is 124 Å². The quantitative estimate of drug-likeness (QED) is 0.0814. The Kier molecular flexibility index (Phi) is 8.11. The van der Waals surface area contributed by atoms with E-state index in [4.69, 9.17) is 9.58 Å². The Hall–Kier alpha value is -6.06. The van der Waals surface area contributed by atoms with E-state index in [0.717, 1.165) is 36.8 Å². The number of hydrogen-bond donors (Lipinski definition) is 3. The second-order valence-electron chi connectivity index (χ2n) is 12.3. The maximum atomic E-state index is 13.5. The van der Waals surface area contributed by atoms with Crippen LogP contribution < -0.4 is 4.18 Å². The van der Waals surface area contributed by atoms with Gasteiger partial charge in [-0.2, -0.15) is 16.8 Å². The molecule has 0 radical (unpaired) electrons. The molecule has 0 heterocycles. The highest BCUT2D eigenvalue weighted by Crippen LogP contribution is 2.52. The van der Waals surface area contributed by atoms with Gasteiger partial charge in [-0.1, -0.05) is 67.4 Å². The summed E-state index contributed by atoms with van der Waals surface area (Å²) in [6, 6.07) is 26.6. The predicted octanol–water partition coefficient (Wildman–Crippen LogP) is 8.91. The fourth-order valence-electron chi connectivity index (χ4n) is 7.35. The lowest BCUT2D eigenvalue weighted by Crippen LogP contribution is -2.24. The molecule has 14 heteroatoms. The fourth-order valence-corrected chi connectivity index (χ4v) is 9.18. The van der Waals surface area contributed by atoms with Gasteiger partial charge < -0.3 is 14.4 Å². The van der Waals surface area contributed by atoms with Gasteiger partial charge in [-0.15, -0.1) is 0 Å². The molecule has 1 fully saturated rings. The summed E-state index contributed by atoms with van der Waals surface area (Å²) in [6.45, 7) is 0. The molecule has 3 N–H and O–H groups in total. The maximum Gasteiger partial charge on any atom is 0.426 e. The normalized spacial score (nSPS) is 14.3. The van der Waals surface area contributed by atoms with Gasteiger partial charge in [0.25, 0.3) is 10.1 Å². The number of phenols is 2. The van der Waals surface area contributed by atoms with Crippen LogP contribution in [0.2, 0.25) is 0 Å². The summed E-state index contributed by atoms with van der Waals surface area (Å²) in [5.41, 5.74) is 2.02. The molecule has 0 unspecified atom stereocenters. The van der Waals surface area contributed by atoms with Gasteiger partial charge in [0.15, 0.2) is 9.95 Å². The molecule has 0 aliphatic heterocycles. The monoisotopic (exact) mass is 720 g/mol. The van der Waals surface area contributed by atoms with Crippen molar-refractivity contribution in [3.8, 4) is 28.4 Å². The van der Waals surface area contributed by atoms with E-state index in [0.29, 0.717) is 11.1 Å². The van der Waals surface area contributed by atoms with E-state index in [1.54, 1.807) is 24.3 Å². The summed E-state index contributed by atoms with van der Waals surface area (Å²) in [7, 11) is -9.06. The molecular formula is C37H28N4O8S2+2. The molecule has 1 aliphatic rings. The van der Waals surface area contributed by atoms with Crippen LogP contribution in [0.25, 0.3) is 42.6 Å². The van der Waals surface area contributed by atoms with E-state index < -0.39 is 36.3 Å². The minimum absolute atomic E-state index is 0.0446. The number of nitrogens with zero attached hydrogens (tertiary/aromatic N) is 4. The standard InChI is InChI=1S/C37H26N4O8S2/c38-40-30-17-14-25-27(35(30)42)7-5-9-33(25)51(47,48)49-23-12-10-22(11-13-23)37(20-3-4-21-37)29-8-2-1-6-24(29)26-16-19-32(50(44,45)46)28-15-18-31(41-39)36(43)34(26)28/h1-2,5-19H,3-4,20-21H2,(H-2,42,43,44,45,46)/p+2. The van der Waals surface area contributed by atoms with Crippen molar-refractivity contribution in [1.82, 2.24) is 0 Å². The molecule has 0 spiro atoms. The van der Waals surface area contributed by atoms with Crippen molar-refractivity contribution in [2.24, 2.45) is 0 Å². The summed E-state index contributed by atoms with van der Waals surface area (Å²) in [5, 5.41) is 40.8. The third-order valence-corrected chi connectivity index (χ3v) is 11.8. The molecule has 51 heavy (non-hydrogen) atoms. The molecule has 1 aliphatic carbocycles. The number of aromatic hydroxyl groups is 2. The Morgan fingerprint density at radius 2 is 1.27 bits per heavy atom. The largest absolute Gasteiger partial charge is 0.501 e. The maximum absolute atomic E-state index is 13.5. The van der Waals surface area contributed by atoms with Crippen molar-refractivity contribution in [1.29, 1.82) is 10.8 Å². The second kappa shape index (κ2) is 12.4. The van der Waals surface area contributed by atoms with E-state index in [2.05, 4.69) is 9.95 Å². The van der Waals surface area contributed by atoms with Crippen LogP contribution in [-0.2, 0) is 25.7 Å². The third-order valence-electron chi connectivity index (χ3n) is 9.63. The van der Waals surface area contributed by atoms with Crippen LogP contribution in [0.1, 0.15) is 36.8 Å². The highest BCUT2D eigenvalue weighted by Gasteiger charge is 2.40. The summed E-state index contributed by atoms with van der Waals surface area (Å²) in [5.74, 6) is -0.779. The molecule has 0 aromatic heterocycles. The lowest BCUT2D eigenvalue weighted by Gasteiger charge is -2.33. The molecule has 0 atom stereocenters. The Labute approximate surface area is 292 Å². The molecule has 254 valence electrons. The zero-order valence-electron chi connectivity index (χ0n) is 26.6. The van der Waals surface area contributed by atoms with E-state index in [1.807, 2.05) is 24.3 Å². The fraction of sp³-hybridized carbons (Fsp3) is 0.135. The molecule has 1 saturated carbocycles. The Balaban J connectivity index is 1.31. The zero-order chi connectivity index (χ0) is 36.1. The average molecular weight is 721 g/mol. The van der Waals surface area contributed by atoms with E-state index in [1.165, 1.54) is 54.6 Å². The van der Waals surface area contributed by atoms with Gasteiger partial charge in [-0.3, -0.25) is 4.55 Å². The number of diazo groups is 2. The van der Waals surface area contributed by atoms with Crippen LogP contribution in [-0.4, -0.2) is 31.6 Å². The van der Waals surface area contributed by atoms with Gasteiger partial charge in [0.05, 0.1) is 0 Å². The Morgan fingerprint density at radius 1 is 0.627 bits per heavy atom. The average Bonchev–Trinajstić information content (AvgIpc) is 3.62. The Morgan fingerprint density at radius 3 is 1.94 bits per heavy atom. The van der Waals surface area contributed by atoms with E-state index in [9.17, 15) is 37.0 Å². The first kappa shape index (κ1) is 33.4. The molecule has 0 bridgehead atoms. The summed E-state index contributed by atoms with van der Waals surface area (Å²) >= 11 is 0. The van der Waals surface area contributed by atoms with Crippen LogP contribution in [0.5, 0.6) is 17.2 Å². The van der Waals surface area contributed by atoms with Crippen molar-refractivity contribution in [2.45, 2.75) is 40.9 Å². The predicted molar refractivity (Wildman–Crippen MR) is 189 cm³/mol. The van der Waals surface area contributed by atoms with Crippen LogP contribution >= 0.6 is 0 Å². The van der Waals surface area contributed by atoms with Crippen LogP contribution in [0.15, 0.2) is 113 Å². The summed E-state index contributed by atoms with van der Waals surface area (Å²) < 4.78 is 67.1. The van der Waals surface area contributed by atoms with Crippen LogP contribution in [0.3, 0.4) is 0 Å². The molecule has 6 aromatic carbocycles. The first-order valence-electron chi connectivity index (χ1n) is 15.8. The van der Waals surface area contributed by atoms with Crippen LogP contribution in [0, 0.1) is 10.8 Å². The van der Waals surface area contributed by atoms with Gasteiger partial charge >= 0.3 is 21.5 Å². The minimum atomic E-state index is -4.68. The second-order valence-corrected chi connectivity index (χ2v) is 15.2. The summed E-state index contributed by atoms with van der Waals surface area (Å²) in [6.07, 6.45) is 3.24. The SMILES string of the molecule is N#[N+]c1ccc2c(S(=O)(=O)Oc3ccc(C4(c5ccccc5-c5ccc(S(=O)(=O)O)c6ccc([N+]#N)c(O)c56)CCCC4)cc3)cccc2c1O. The van der Waals surface area contributed by atoms with Gasteiger partial charge in [0.1, 0.15) is 15.5 Å². The van der Waals surface area contributed by atoms with Crippen LogP contribution in [0.4, 0.5) is 11.4 Å².